The van der Waals surface area contributed by atoms with Gasteiger partial charge in [0.05, 0.1) is 12.0 Å². The van der Waals surface area contributed by atoms with Crippen molar-refractivity contribution in [3.8, 4) is 5.75 Å². The fraction of sp³-hybridized carbons (Fsp3) is 0.588. The van der Waals surface area contributed by atoms with Crippen LogP contribution in [0.15, 0.2) is 29.2 Å². The van der Waals surface area contributed by atoms with Crippen molar-refractivity contribution in [2.75, 3.05) is 26.7 Å². The maximum Gasteiger partial charge on any atom is 0.241 e. The van der Waals surface area contributed by atoms with Gasteiger partial charge in [-0.15, -0.1) is 0 Å². The second kappa shape index (κ2) is 10.4. The van der Waals surface area contributed by atoms with Crippen LogP contribution in [0.3, 0.4) is 0 Å². The molecule has 1 atom stereocenters. The van der Waals surface area contributed by atoms with Crippen molar-refractivity contribution < 1.29 is 17.9 Å². The number of rotatable bonds is 11. The van der Waals surface area contributed by atoms with E-state index in [1.54, 1.807) is 26.0 Å². The Morgan fingerprint density at radius 2 is 1.76 bits per heavy atom. The summed E-state index contributed by atoms with van der Waals surface area (Å²) in [6.45, 7) is 7.65. The molecule has 0 spiro atoms. The molecule has 25 heavy (non-hydrogen) atoms. The molecular formula is C17H29N3O4S. The van der Waals surface area contributed by atoms with Crippen LogP contribution in [-0.4, -0.2) is 47.1 Å². The van der Waals surface area contributed by atoms with Gasteiger partial charge in [0.15, 0.2) is 0 Å². The molecule has 0 aliphatic heterocycles. The molecule has 1 unspecified atom stereocenters. The number of sulfonamides is 1. The van der Waals surface area contributed by atoms with E-state index in [9.17, 15) is 13.2 Å². The second-order valence-corrected chi connectivity index (χ2v) is 7.77. The highest BCUT2D eigenvalue weighted by molar-refractivity contribution is 7.89. The summed E-state index contributed by atoms with van der Waals surface area (Å²) in [4.78, 5) is 12.4. The number of ether oxygens (including phenoxy) is 1. The second-order valence-electron chi connectivity index (χ2n) is 6.06. The highest BCUT2D eigenvalue weighted by Crippen LogP contribution is 2.16. The van der Waals surface area contributed by atoms with Crippen molar-refractivity contribution in [1.29, 1.82) is 0 Å². The average Bonchev–Trinajstić information content (AvgIpc) is 2.59. The minimum atomic E-state index is -3.80. The molecule has 0 saturated carbocycles. The fourth-order valence-electron chi connectivity index (χ4n) is 2.17. The number of nitrogens with one attached hydrogen (secondary N) is 3. The lowest BCUT2D eigenvalue weighted by molar-refractivity contribution is -0.123. The lowest BCUT2D eigenvalue weighted by Crippen LogP contribution is -2.50. The molecule has 0 aromatic heterocycles. The number of hydrogen-bond acceptors (Lipinski definition) is 5. The molecular weight excluding hydrogens is 342 g/mol. The van der Waals surface area contributed by atoms with Crippen LogP contribution in [0.5, 0.6) is 5.75 Å². The molecule has 0 aliphatic carbocycles. The van der Waals surface area contributed by atoms with Crippen LogP contribution in [0.25, 0.3) is 0 Å². The Bertz CT molecular complexity index is 630. The van der Waals surface area contributed by atoms with Gasteiger partial charge in [0, 0.05) is 13.1 Å². The molecule has 0 fully saturated rings. The minimum absolute atomic E-state index is 0.0939. The van der Waals surface area contributed by atoms with Gasteiger partial charge in [0.1, 0.15) is 11.8 Å². The van der Waals surface area contributed by atoms with E-state index >= 15 is 0 Å². The van der Waals surface area contributed by atoms with Crippen LogP contribution in [0, 0.1) is 5.92 Å². The van der Waals surface area contributed by atoms with E-state index in [1.165, 1.54) is 19.2 Å². The lowest BCUT2D eigenvalue weighted by Gasteiger charge is -2.21. The first kappa shape index (κ1) is 21.4. The first-order valence-corrected chi connectivity index (χ1v) is 9.95. The highest BCUT2D eigenvalue weighted by Gasteiger charge is 2.28. The summed E-state index contributed by atoms with van der Waals surface area (Å²) in [6.07, 6.45) is 1.02. The summed E-state index contributed by atoms with van der Waals surface area (Å²) in [5, 5.41) is 5.95. The monoisotopic (exact) mass is 371 g/mol. The van der Waals surface area contributed by atoms with Gasteiger partial charge in [-0.25, -0.2) is 8.42 Å². The largest absolute Gasteiger partial charge is 0.497 e. The summed E-state index contributed by atoms with van der Waals surface area (Å²) in [5.74, 6) is 0.0543. The molecule has 7 nitrogen and oxygen atoms in total. The first-order valence-electron chi connectivity index (χ1n) is 8.46. The maximum absolute atomic E-state index is 12.5. The molecule has 0 aliphatic rings. The molecule has 1 rings (SSSR count). The van der Waals surface area contributed by atoms with Crippen LogP contribution >= 0.6 is 0 Å². The Morgan fingerprint density at radius 3 is 2.28 bits per heavy atom. The molecule has 1 aromatic rings. The van der Waals surface area contributed by atoms with Crippen molar-refractivity contribution in [3.05, 3.63) is 24.3 Å². The lowest BCUT2D eigenvalue weighted by atomic mass is 10.1. The normalized spacial score (nSPS) is 12.8. The van der Waals surface area contributed by atoms with Crippen molar-refractivity contribution >= 4 is 15.9 Å². The van der Waals surface area contributed by atoms with Crippen LogP contribution in [-0.2, 0) is 14.8 Å². The number of amides is 1. The number of benzene rings is 1. The third-order valence-electron chi connectivity index (χ3n) is 3.63. The van der Waals surface area contributed by atoms with Gasteiger partial charge in [0.25, 0.3) is 0 Å². The zero-order valence-electron chi connectivity index (χ0n) is 15.3. The summed E-state index contributed by atoms with van der Waals surface area (Å²) in [7, 11) is -2.29. The number of carbonyl (C=O) groups is 1. The molecule has 1 aromatic carbocycles. The van der Waals surface area contributed by atoms with E-state index < -0.39 is 16.1 Å². The smallest absolute Gasteiger partial charge is 0.241 e. The Hall–Kier alpha value is -1.64. The quantitative estimate of drug-likeness (QED) is 0.507. The van der Waals surface area contributed by atoms with Crippen LogP contribution in [0.2, 0.25) is 0 Å². The van der Waals surface area contributed by atoms with Crippen LogP contribution in [0.1, 0.15) is 27.2 Å². The molecule has 0 radical (unpaired) electrons. The summed E-state index contributed by atoms with van der Waals surface area (Å²) < 4.78 is 32.6. The van der Waals surface area contributed by atoms with Gasteiger partial charge in [-0.3, -0.25) is 4.79 Å². The SMILES string of the molecule is CCCNCCNC(=O)C(NS(=O)(=O)c1ccc(OC)cc1)C(C)C. The Labute approximate surface area is 150 Å². The minimum Gasteiger partial charge on any atom is -0.497 e. The summed E-state index contributed by atoms with van der Waals surface area (Å²) in [5.41, 5.74) is 0. The zero-order valence-corrected chi connectivity index (χ0v) is 16.2. The molecule has 3 N–H and O–H groups in total. The third-order valence-corrected chi connectivity index (χ3v) is 5.09. The molecule has 0 bridgehead atoms. The molecule has 0 heterocycles. The van der Waals surface area contributed by atoms with Gasteiger partial charge in [-0.05, 0) is 43.1 Å². The van der Waals surface area contributed by atoms with Crippen molar-refractivity contribution in [1.82, 2.24) is 15.4 Å². The van der Waals surface area contributed by atoms with Crippen LogP contribution < -0.4 is 20.1 Å². The molecule has 142 valence electrons. The van der Waals surface area contributed by atoms with Crippen molar-refractivity contribution in [2.45, 2.75) is 38.1 Å². The number of carbonyl (C=O) groups excluding carboxylic acids is 1. The van der Waals surface area contributed by atoms with E-state index in [0.29, 0.717) is 18.8 Å². The number of hydrogen-bond donors (Lipinski definition) is 3. The Balaban J connectivity index is 2.73. The standard InChI is InChI=1S/C17H29N3O4S/c1-5-10-18-11-12-19-17(21)16(13(2)3)20-25(22,23)15-8-6-14(24-4)7-9-15/h6-9,13,16,18,20H,5,10-12H2,1-4H3,(H,19,21). The first-order chi connectivity index (χ1) is 11.8. The van der Waals surface area contributed by atoms with Gasteiger partial charge in [0.2, 0.25) is 15.9 Å². The molecule has 8 heteroatoms. The van der Waals surface area contributed by atoms with Gasteiger partial charge in [-0.2, -0.15) is 4.72 Å². The fourth-order valence-corrected chi connectivity index (χ4v) is 3.51. The topological polar surface area (TPSA) is 96.5 Å². The van der Waals surface area contributed by atoms with Crippen molar-refractivity contribution in [3.63, 3.8) is 0 Å². The highest BCUT2D eigenvalue weighted by atomic mass is 32.2. The summed E-state index contributed by atoms with van der Waals surface area (Å²) in [6, 6.07) is 5.20. The summed E-state index contributed by atoms with van der Waals surface area (Å²) >= 11 is 0. The van der Waals surface area contributed by atoms with E-state index in [1.807, 2.05) is 0 Å². The predicted molar refractivity (Wildman–Crippen MR) is 98.1 cm³/mol. The van der Waals surface area contributed by atoms with Crippen LogP contribution in [0.4, 0.5) is 0 Å². The Morgan fingerprint density at radius 1 is 1.12 bits per heavy atom. The third kappa shape index (κ3) is 7.01. The molecule has 0 saturated heterocycles. The predicted octanol–water partition coefficient (Wildman–Crippen LogP) is 1.11. The zero-order chi connectivity index (χ0) is 18.9. The van der Waals surface area contributed by atoms with Gasteiger partial charge < -0.3 is 15.4 Å². The van der Waals surface area contributed by atoms with Gasteiger partial charge >= 0.3 is 0 Å². The maximum atomic E-state index is 12.5. The number of methoxy groups -OCH3 is 1. The molecule has 1 amide bonds. The van der Waals surface area contributed by atoms with Gasteiger partial charge in [-0.1, -0.05) is 20.8 Å². The van der Waals surface area contributed by atoms with E-state index in [-0.39, 0.29) is 16.7 Å². The van der Waals surface area contributed by atoms with E-state index in [2.05, 4.69) is 22.3 Å². The Kier molecular flexibility index (Phi) is 8.88. The average molecular weight is 372 g/mol. The van der Waals surface area contributed by atoms with E-state index in [0.717, 1.165) is 13.0 Å². The van der Waals surface area contributed by atoms with E-state index in [4.69, 9.17) is 4.74 Å². The van der Waals surface area contributed by atoms with Crippen molar-refractivity contribution in [2.24, 2.45) is 5.92 Å².